The van der Waals surface area contributed by atoms with Gasteiger partial charge in [0.2, 0.25) is 0 Å². The van der Waals surface area contributed by atoms with E-state index >= 15 is 0 Å². The molecule has 2 aliphatic heterocycles. The van der Waals surface area contributed by atoms with E-state index in [0.717, 1.165) is 19.3 Å². The number of fused-ring (bicyclic) bond motifs is 3. The Balaban J connectivity index is 1.76. The normalized spacial score (nSPS) is 38.0. The Hall–Kier alpha value is -1.18. The van der Waals surface area contributed by atoms with Crippen molar-refractivity contribution in [2.24, 2.45) is 23.7 Å². The molecule has 3 fully saturated rings. The maximum atomic E-state index is 11.3. The molecule has 0 N–H and O–H groups in total. The summed E-state index contributed by atoms with van der Waals surface area (Å²) in [5, 5.41) is 0. The molecule has 0 radical (unpaired) electrons. The first-order chi connectivity index (χ1) is 12.7. The van der Waals surface area contributed by atoms with E-state index in [-0.39, 0.29) is 48.2 Å². The summed E-state index contributed by atoms with van der Waals surface area (Å²) in [5.41, 5.74) is 0. The maximum absolute atomic E-state index is 11.3. The molecule has 7 atom stereocenters. The van der Waals surface area contributed by atoms with Crippen LogP contribution in [-0.2, 0) is 33.3 Å². The van der Waals surface area contributed by atoms with Gasteiger partial charge in [0.1, 0.15) is 6.10 Å². The largest absolute Gasteiger partial charge is 0.466 e. The van der Waals surface area contributed by atoms with Crippen LogP contribution < -0.4 is 0 Å². The van der Waals surface area contributed by atoms with E-state index in [9.17, 15) is 9.59 Å². The third kappa shape index (κ3) is 4.63. The predicted molar refractivity (Wildman–Crippen MR) is 95.4 cm³/mol. The van der Waals surface area contributed by atoms with E-state index in [2.05, 4.69) is 6.92 Å². The molecule has 7 heteroatoms. The molecule has 0 aromatic carbocycles. The van der Waals surface area contributed by atoms with Gasteiger partial charge in [-0.15, -0.1) is 0 Å². The first kappa shape index (κ1) is 20.6. The van der Waals surface area contributed by atoms with E-state index in [1.54, 1.807) is 0 Å². The molecular weight excluding hydrogens is 352 g/mol. The summed E-state index contributed by atoms with van der Waals surface area (Å²) >= 11 is 0. The van der Waals surface area contributed by atoms with Crippen molar-refractivity contribution in [1.82, 2.24) is 0 Å². The van der Waals surface area contributed by atoms with E-state index in [4.69, 9.17) is 23.7 Å². The second kappa shape index (κ2) is 8.05. The molecule has 0 aromatic heterocycles. The quantitative estimate of drug-likeness (QED) is 0.651. The average Bonchev–Trinajstić information content (AvgIpc) is 3.03. The van der Waals surface area contributed by atoms with Crippen molar-refractivity contribution >= 4 is 11.9 Å². The number of carbonyl (C=O) groups is 2. The molecule has 0 amide bonds. The smallest absolute Gasteiger partial charge is 0.302 e. The van der Waals surface area contributed by atoms with Crippen LogP contribution >= 0.6 is 0 Å². The number of rotatable bonds is 6. The first-order valence-electron chi connectivity index (χ1n) is 9.96. The Morgan fingerprint density at radius 1 is 1.11 bits per heavy atom. The fourth-order valence-corrected chi connectivity index (χ4v) is 5.10. The van der Waals surface area contributed by atoms with Crippen molar-refractivity contribution in [3.8, 4) is 0 Å². The summed E-state index contributed by atoms with van der Waals surface area (Å²) in [6.45, 7) is 9.56. The molecule has 3 aliphatic rings. The molecule has 1 aliphatic carbocycles. The Bertz CT molecular complexity index is 561. The van der Waals surface area contributed by atoms with Gasteiger partial charge in [-0.3, -0.25) is 9.59 Å². The van der Waals surface area contributed by atoms with E-state index < -0.39 is 5.79 Å². The Labute approximate surface area is 161 Å². The van der Waals surface area contributed by atoms with Crippen LogP contribution in [0.15, 0.2) is 0 Å². The van der Waals surface area contributed by atoms with Gasteiger partial charge in [0.15, 0.2) is 12.1 Å². The highest BCUT2D eigenvalue weighted by Crippen LogP contribution is 2.52. The zero-order valence-electron chi connectivity index (χ0n) is 16.9. The Morgan fingerprint density at radius 2 is 1.81 bits per heavy atom. The third-order valence-electron chi connectivity index (χ3n) is 6.02. The second-order valence-electron chi connectivity index (χ2n) is 8.54. The SMILES string of the molecule is CC(=O)OCC[C@H]1CC[C@H]2O[C@@H]3OC(C)(C)O[C@@H]3[C@@H]2[C@H]1[C@@H](C)COC(C)=O. The van der Waals surface area contributed by atoms with Gasteiger partial charge in [-0.2, -0.15) is 0 Å². The molecule has 1 saturated carbocycles. The highest BCUT2D eigenvalue weighted by atomic mass is 16.8. The van der Waals surface area contributed by atoms with Crippen LogP contribution in [0.5, 0.6) is 0 Å². The monoisotopic (exact) mass is 384 g/mol. The molecule has 0 spiro atoms. The van der Waals surface area contributed by atoms with Gasteiger partial charge in [-0.25, -0.2) is 0 Å². The van der Waals surface area contributed by atoms with Gasteiger partial charge in [0, 0.05) is 19.8 Å². The van der Waals surface area contributed by atoms with Gasteiger partial charge < -0.3 is 23.7 Å². The highest BCUT2D eigenvalue weighted by Gasteiger charge is 2.59. The maximum Gasteiger partial charge on any atom is 0.302 e. The van der Waals surface area contributed by atoms with Gasteiger partial charge >= 0.3 is 11.9 Å². The van der Waals surface area contributed by atoms with Crippen molar-refractivity contribution < 1.29 is 33.3 Å². The Morgan fingerprint density at radius 3 is 2.48 bits per heavy atom. The lowest BCUT2D eigenvalue weighted by Gasteiger charge is -2.44. The van der Waals surface area contributed by atoms with Crippen LogP contribution in [0.2, 0.25) is 0 Å². The summed E-state index contributed by atoms with van der Waals surface area (Å²) in [4.78, 5) is 22.5. The van der Waals surface area contributed by atoms with E-state index in [1.807, 2.05) is 13.8 Å². The van der Waals surface area contributed by atoms with Crippen molar-refractivity contribution in [1.29, 1.82) is 0 Å². The van der Waals surface area contributed by atoms with Crippen LogP contribution in [0, 0.1) is 23.7 Å². The molecule has 2 saturated heterocycles. The number of hydrogen-bond donors (Lipinski definition) is 0. The van der Waals surface area contributed by atoms with Crippen LogP contribution in [0.25, 0.3) is 0 Å². The molecule has 2 heterocycles. The lowest BCUT2D eigenvalue weighted by Crippen LogP contribution is -2.46. The first-order valence-corrected chi connectivity index (χ1v) is 9.96. The zero-order chi connectivity index (χ0) is 19.8. The van der Waals surface area contributed by atoms with Gasteiger partial charge in [0.25, 0.3) is 0 Å². The van der Waals surface area contributed by atoms with Gasteiger partial charge in [0.05, 0.1) is 19.3 Å². The van der Waals surface area contributed by atoms with E-state index in [1.165, 1.54) is 13.8 Å². The summed E-state index contributed by atoms with van der Waals surface area (Å²) in [6.07, 6.45) is 2.34. The molecular formula is C20H32O7. The molecule has 154 valence electrons. The van der Waals surface area contributed by atoms with Crippen LogP contribution in [0.1, 0.15) is 53.9 Å². The fourth-order valence-electron chi connectivity index (χ4n) is 5.10. The minimum absolute atomic E-state index is 0.0888. The number of carbonyl (C=O) groups excluding carboxylic acids is 2. The molecule has 3 rings (SSSR count). The molecule has 0 unspecified atom stereocenters. The van der Waals surface area contributed by atoms with Crippen molar-refractivity contribution in [2.75, 3.05) is 13.2 Å². The molecule has 0 bridgehead atoms. The van der Waals surface area contributed by atoms with Crippen molar-refractivity contribution in [3.63, 3.8) is 0 Å². The minimum Gasteiger partial charge on any atom is -0.466 e. The van der Waals surface area contributed by atoms with E-state index in [0.29, 0.717) is 19.1 Å². The summed E-state index contributed by atoms with van der Waals surface area (Å²) in [5.74, 6) is -0.261. The molecule has 0 aromatic rings. The predicted octanol–water partition coefficient (Wildman–Crippen LogP) is 2.66. The average molecular weight is 384 g/mol. The highest BCUT2D eigenvalue weighted by molar-refractivity contribution is 5.66. The zero-order valence-corrected chi connectivity index (χ0v) is 16.9. The fraction of sp³-hybridized carbons (Fsp3) is 0.900. The second-order valence-corrected chi connectivity index (χ2v) is 8.54. The topological polar surface area (TPSA) is 80.3 Å². The lowest BCUT2D eigenvalue weighted by molar-refractivity contribution is -0.219. The van der Waals surface area contributed by atoms with Crippen LogP contribution in [-0.4, -0.2) is 49.4 Å². The van der Waals surface area contributed by atoms with Crippen molar-refractivity contribution in [3.05, 3.63) is 0 Å². The third-order valence-corrected chi connectivity index (χ3v) is 6.02. The summed E-state index contributed by atoms with van der Waals surface area (Å²) in [7, 11) is 0. The Kier molecular flexibility index (Phi) is 6.13. The van der Waals surface area contributed by atoms with Gasteiger partial charge in [-0.1, -0.05) is 6.92 Å². The number of hydrogen-bond acceptors (Lipinski definition) is 7. The summed E-state index contributed by atoms with van der Waals surface area (Å²) in [6, 6.07) is 0. The molecule has 27 heavy (non-hydrogen) atoms. The van der Waals surface area contributed by atoms with Crippen LogP contribution in [0.4, 0.5) is 0 Å². The number of ether oxygens (including phenoxy) is 5. The van der Waals surface area contributed by atoms with Gasteiger partial charge in [-0.05, 0) is 50.9 Å². The lowest BCUT2D eigenvalue weighted by atomic mass is 9.63. The summed E-state index contributed by atoms with van der Waals surface area (Å²) < 4.78 is 28.8. The molecule has 7 nitrogen and oxygen atoms in total. The minimum atomic E-state index is -0.658. The van der Waals surface area contributed by atoms with Crippen molar-refractivity contribution in [2.45, 2.75) is 78.2 Å². The standard InChI is InChI=1S/C20H32O7/c1-11(10-24-13(3)22)16-14(8-9-23-12(2)21)6-7-15-17(16)18-19(25-15)27-20(4,5)26-18/h11,14-19H,6-10H2,1-5H3/t11-,14+,15+,16-,17-,18+,19+/m0/s1. The number of esters is 2. The van der Waals surface area contributed by atoms with Crippen LogP contribution in [0.3, 0.4) is 0 Å².